The lowest BCUT2D eigenvalue weighted by molar-refractivity contribution is -0.115. The van der Waals surface area contributed by atoms with E-state index >= 15 is 0 Å². The van der Waals surface area contributed by atoms with Crippen LogP contribution < -0.4 is 5.32 Å². The van der Waals surface area contributed by atoms with Crippen molar-refractivity contribution in [3.63, 3.8) is 0 Å². The Kier molecular flexibility index (Phi) is 7.54. The van der Waals surface area contributed by atoms with Crippen molar-refractivity contribution in [1.82, 2.24) is 19.9 Å². The van der Waals surface area contributed by atoms with E-state index in [1.54, 1.807) is 48.8 Å². The van der Waals surface area contributed by atoms with Crippen molar-refractivity contribution in [1.29, 1.82) is 0 Å². The molecule has 0 saturated carbocycles. The van der Waals surface area contributed by atoms with Gasteiger partial charge in [-0.05, 0) is 18.2 Å². The summed E-state index contributed by atoms with van der Waals surface area (Å²) in [4.78, 5) is 29.8. The number of carbonyl (C=O) groups is 1. The van der Waals surface area contributed by atoms with E-state index in [1.807, 2.05) is 23.6 Å². The molecule has 4 aromatic rings. The monoisotopic (exact) mass is 473 g/mol. The third-order valence-corrected chi connectivity index (χ3v) is 6.98. The molecule has 0 unspecified atom stereocenters. The summed E-state index contributed by atoms with van der Waals surface area (Å²) in [6.45, 7) is 1.13. The molecule has 0 spiro atoms. The Balaban J connectivity index is 1.34. The van der Waals surface area contributed by atoms with Crippen LogP contribution in [0, 0.1) is 0 Å². The Bertz CT molecular complexity index is 1150. The van der Waals surface area contributed by atoms with E-state index in [0.717, 1.165) is 25.3 Å². The van der Waals surface area contributed by atoms with E-state index < -0.39 is 0 Å². The van der Waals surface area contributed by atoms with Gasteiger partial charge < -0.3 is 14.8 Å². The SMILES string of the molecule is COCCOCSc1nc2ccc(NC(=O)Cc3csc(-c4cnccn4)n3)cc2s1. The zero-order valence-electron chi connectivity index (χ0n) is 16.6. The van der Waals surface area contributed by atoms with Crippen molar-refractivity contribution in [2.75, 3.05) is 31.6 Å². The lowest BCUT2D eigenvalue weighted by Crippen LogP contribution is -2.14. The molecule has 31 heavy (non-hydrogen) atoms. The fraction of sp³-hybridized carbons (Fsp3) is 0.250. The minimum atomic E-state index is -0.124. The first-order valence-corrected chi connectivity index (χ1v) is 12.0. The van der Waals surface area contributed by atoms with E-state index in [0.29, 0.717) is 30.5 Å². The number of nitrogens with one attached hydrogen (secondary N) is 1. The number of amides is 1. The third kappa shape index (κ3) is 6.05. The molecule has 0 fully saturated rings. The molecule has 1 N–H and O–H groups in total. The average molecular weight is 474 g/mol. The topological polar surface area (TPSA) is 99.1 Å². The van der Waals surface area contributed by atoms with Crippen LogP contribution >= 0.6 is 34.4 Å². The first-order chi connectivity index (χ1) is 15.2. The highest BCUT2D eigenvalue weighted by Crippen LogP contribution is 2.31. The smallest absolute Gasteiger partial charge is 0.230 e. The Hall–Kier alpha value is -2.44. The predicted molar refractivity (Wildman–Crippen MR) is 124 cm³/mol. The van der Waals surface area contributed by atoms with Crippen molar-refractivity contribution in [3.05, 3.63) is 47.9 Å². The van der Waals surface area contributed by atoms with Gasteiger partial charge in [0.25, 0.3) is 0 Å². The summed E-state index contributed by atoms with van der Waals surface area (Å²) in [5, 5.41) is 5.56. The van der Waals surface area contributed by atoms with Crippen molar-refractivity contribution < 1.29 is 14.3 Å². The number of benzene rings is 1. The molecule has 3 aromatic heterocycles. The van der Waals surface area contributed by atoms with E-state index in [4.69, 9.17) is 9.47 Å². The number of hydrogen-bond acceptors (Lipinski definition) is 10. The number of aromatic nitrogens is 4. The van der Waals surface area contributed by atoms with Crippen LogP contribution in [0.25, 0.3) is 20.9 Å². The summed E-state index contributed by atoms with van der Waals surface area (Å²) in [7, 11) is 1.65. The number of nitrogens with zero attached hydrogens (tertiary/aromatic N) is 4. The highest BCUT2D eigenvalue weighted by molar-refractivity contribution is 8.01. The Morgan fingerprint density at radius 2 is 2.16 bits per heavy atom. The first-order valence-electron chi connectivity index (χ1n) is 9.32. The molecule has 0 aliphatic carbocycles. The summed E-state index contributed by atoms with van der Waals surface area (Å²) < 4.78 is 12.4. The molecule has 0 atom stereocenters. The Morgan fingerprint density at radius 3 is 3.00 bits per heavy atom. The molecule has 4 rings (SSSR count). The zero-order chi connectivity index (χ0) is 21.5. The number of ether oxygens (including phenoxy) is 2. The maximum absolute atomic E-state index is 12.5. The molecule has 0 radical (unpaired) electrons. The van der Waals surface area contributed by atoms with Crippen LogP contribution in [-0.2, 0) is 20.7 Å². The van der Waals surface area contributed by atoms with Crippen molar-refractivity contribution in [2.24, 2.45) is 0 Å². The first kappa shape index (κ1) is 21.8. The zero-order valence-corrected chi connectivity index (χ0v) is 19.1. The second kappa shape index (κ2) is 10.7. The van der Waals surface area contributed by atoms with Crippen LogP contribution in [-0.4, -0.2) is 52.1 Å². The van der Waals surface area contributed by atoms with Crippen LogP contribution in [0.4, 0.5) is 5.69 Å². The van der Waals surface area contributed by atoms with Gasteiger partial charge in [-0.1, -0.05) is 11.8 Å². The number of thioether (sulfide) groups is 1. The Labute approximate surface area is 191 Å². The minimum absolute atomic E-state index is 0.124. The molecule has 0 aliphatic heterocycles. The van der Waals surface area contributed by atoms with Crippen LogP contribution in [0.2, 0.25) is 0 Å². The predicted octanol–water partition coefficient (Wildman–Crippen LogP) is 4.10. The molecule has 1 amide bonds. The van der Waals surface area contributed by atoms with Gasteiger partial charge >= 0.3 is 0 Å². The largest absolute Gasteiger partial charge is 0.382 e. The Morgan fingerprint density at radius 1 is 1.23 bits per heavy atom. The molecule has 0 bridgehead atoms. The maximum atomic E-state index is 12.5. The van der Waals surface area contributed by atoms with Crippen molar-refractivity contribution in [3.8, 4) is 10.7 Å². The average Bonchev–Trinajstić information content (AvgIpc) is 3.40. The third-order valence-electron chi connectivity index (χ3n) is 4.03. The summed E-state index contributed by atoms with van der Waals surface area (Å²) in [6.07, 6.45) is 5.09. The van der Waals surface area contributed by atoms with E-state index in [9.17, 15) is 4.79 Å². The highest BCUT2D eigenvalue weighted by Gasteiger charge is 2.11. The van der Waals surface area contributed by atoms with Gasteiger partial charge in [0, 0.05) is 30.6 Å². The number of hydrogen-bond donors (Lipinski definition) is 1. The number of fused-ring (bicyclic) bond motifs is 1. The maximum Gasteiger partial charge on any atom is 0.230 e. The van der Waals surface area contributed by atoms with Crippen molar-refractivity contribution in [2.45, 2.75) is 10.8 Å². The normalized spacial score (nSPS) is 11.1. The molecule has 0 saturated heterocycles. The van der Waals surface area contributed by atoms with Gasteiger partial charge in [0.15, 0.2) is 4.34 Å². The lowest BCUT2D eigenvalue weighted by Gasteiger charge is -2.03. The van der Waals surface area contributed by atoms with Gasteiger partial charge in [-0.15, -0.1) is 22.7 Å². The molecule has 0 aliphatic rings. The van der Waals surface area contributed by atoms with Crippen LogP contribution in [0.5, 0.6) is 0 Å². The van der Waals surface area contributed by atoms with E-state index in [-0.39, 0.29) is 12.3 Å². The quantitative estimate of drug-likeness (QED) is 0.209. The second-order valence-corrected chi connectivity index (χ2v) is 9.34. The van der Waals surface area contributed by atoms with E-state index in [2.05, 4.69) is 25.3 Å². The molecule has 1 aromatic carbocycles. The summed E-state index contributed by atoms with van der Waals surface area (Å²) >= 11 is 4.56. The second-order valence-electron chi connectivity index (χ2n) is 6.29. The van der Waals surface area contributed by atoms with Gasteiger partial charge in [0.05, 0.1) is 47.7 Å². The summed E-state index contributed by atoms with van der Waals surface area (Å²) in [5.74, 6) is 0.401. The van der Waals surface area contributed by atoms with Gasteiger partial charge in [0.2, 0.25) is 5.91 Å². The van der Waals surface area contributed by atoms with Gasteiger partial charge in [-0.3, -0.25) is 14.8 Å². The molecule has 160 valence electrons. The molecule has 3 heterocycles. The molecule has 11 heteroatoms. The van der Waals surface area contributed by atoms with Crippen molar-refractivity contribution >= 4 is 56.2 Å². The fourth-order valence-electron chi connectivity index (χ4n) is 2.62. The van der Waals surface area contributed by atoms with Gasteiger partial charge in [0.1, 0.15) is 10.7 Å². The summed E-state index contributed by atoms with van der Waals surface area (Å²) in [6, 6.07) is 5.70. The molecule has 8 nitrogen and oxygen atoms in total. The summed E-state index contributed by atoms with van der Waals surface area (Å²) in [5.41, 5.74) is 3.04. The highest BCUT2D eigenvalue weighted by atomic mass is 32.2. The van der Waals surface area contributed by atoms with Crippen LogP contribution in [0.3, 0.4) is 0 Å². The fourth-order valence-corrected chi connectivity index (χ4v) is 5.25. The number of carbonyl (C=O) groups excluding carboxylic acids is 1. The van der Waals surface area contributed by atoms with Gasteiger partial charge in [-0.2, -0.15) is 0 Å². The molecular formula is C20H19N5O3S3. The van der Waals surface area contributed by atoms with Crippen LogP contribution in [0.1, 0.15) is 5.69 Å². The molecular weight excluding hydrogens is 454 g/mol. The number of thiazole rings is 2. The van der Waals surface area contributed by atoms with Gasteiger partial charge in [-0.25, -0.2) is 9.97 Å². The minimum Gasteiger partial charge on any atom is -0.382 e. The number of methoxy groups -OCH3 is 1. The van der Waals surface area contributed by atoms with E-state index in [1.165, 1.54) is 11.3 Å². The lowest BCUT2D eigenvalue weighted by atomic mass is 10.2. The van der Waals surface area contributed by atoms with Crippen LogP contribution in [0.15, 0.2) is 46.5 Å². The number of anilines is 1. The number of rotatable bonds is 10. The standard InChI is InChI=1S/C20H19N5O3S3/c1-27-6-7-28-12-30-20-25-15-3-2-13(8-17(15)31-20)23-18(26)9-14-11-29-19(24-14)16-10-21-4-5-22-16/h2-5,8,10-11H,6-7,9,12H2,1H3,(H,23,26).